The minimum Gasteiger partial charge on any atom is -0.247 e. The van der Waals surface area contributed by atoms with Crippen LogP contribution in [-0.2, 0) is 6.42 Å². The first-order valence-electron chi connectivity index (χ1n) is 8.04. The van der Waals surface area contributed by atoms with Gasteiger partial charge in [0.05, 0.1) is 22.4 Å². The van der Waals surface area contributed by atoms with Crippen LogP contribution in [0.5, 0.6) is 0 Å². The largest absolute Gasteiger partial charge is 0.247 e. The first kappa shape index (κ1) is 14.6. The second kappa shape index (κ2) is 5.89. The molecule has 4 nitrogen and oxygen atoms in total. The molecule has 2 heterocycles. The van der Waals surface area contributed by atoms with E-state index in [2.05, 4.69) is 23.3 Å². The Bertz CT molecular complexity index is 1000. The summed E-state index contributed by atoms with van der Waals surface area (Å²) in [5, 5.41) is 4.60. The lowest BCUT2D eigenvalue weighted by molar-refractivity contribution is 0.788. The lowest BCUT2D eigenvalue weighted by atomic mass is 10.1. The summed E-state index contributed by atoms with van der Waals surface area (Å²) >= 11 is 0. The quantitative estimate of drug-likeness (QED) is 0.573. The highest BCUT2D eigenvalue weighted by Gasteiger charge is 2.14. The van der Waals surface area contributed by atoms with Gasteiger partial charge >= 0.3 is 0 Å². The van der Waals surface area contributed by atoms with E-state index in [1.165, 1.54) is 5.56 Å². The van der Waals surface area contributed by atoms with Crippen LogP contribution < -0.4 is 0 Å². The van der Waals surface area contributed by atoms with E-state index in [1.807, 2.05) is 61.0 Å². The number of para-hydroxylation sites is 2. The summed E-state index contributed by atoms with van der Waals surface area (Å²) in [6.07, 6.45) is 0.729. The lowest BCUT2D eigenvalue weighted by Gasteiger charge is -2.11. The Balaban J connectivity index is 1.92. The Kier molecular flexibility index (Phi) is 3.58. The first-order valence-corrected chi connectivity index (χ1v) is 8.04. The maximum atomic E-state index is 4.87. The molecule has 0 atom stereocenters. The molecule has 4 aromatic rings. The van der Waals surface area contributed by atoms with Crippen molar-refractivity contribution in [1.82, 2.24) is 19.7 Å². The van der Waals surface area contributed by atoms with Gasteiger partial charge in [0.15, 0.2) is 5.82 Å². The van der Waals surface area contributed by atoms with Crippen molar-refractivity contribution in [2.24, 2.45) is 0 Å². The standard InChI is InChI=1S/C20H18N4/c1-14-12-15(2)24(23-14)20-19(13-16-8-4-3-5-9-16)21-17-10-6-7-11-18(17)22-20/h3-12H,13H2,1-2H3. The molecule has 24 heavy (non-hydrogen) atoms. The molecule has 0 aliphatic heterocycles. The highest BCUT2D eigenvalue weighted by molar-refractivity contribution is 5.75. The van der Waals surface area contributed by atoms with E-state index < -0.39 is 0 Å². The summed E-state index contributed by atoms with van der Waals surface area (Å²) in [5.41, 5.74) is 5.99. The van der Waals surface area contributed by atoms with E-state index in [0.29, 0.717) is 0 Å². The average Bonchev–Trinajstić information content (AvgIpc) is 2.93. The Morgan fingerprint density at radius 2 is 1.50 bits per heavy atom. The summed E-state index contributed by atoms with van der Waals surface area (Å²) in [6.45, 7) is 4.04. The minimum absolute atomic E-state index is 0.729. The molecule has 2 aromatic heterocycles. The summed E-state index contributed by atoms with van der Waals surface area (Å²) < 4.78 is 1.90. The van der Waals surface area contributed by atoms with Crippen molar-refractivity contribution >= 4 is 11.0 Å². The molecular formula is C20H18N4. The molecule has 0 spiro atoms. The van der Waals surface area contributed by atoms with Gasteiger partial charge < -0.3 is 0 Å². The molecule has 0 saturated heterocycles. The minimum atomic E-state index is 0.729. The van der Waals surface area contributed by atoms with E-state index in [4.69, 9.17) is 9.97 Å². The van der Waals surface area contributed by atoms with Gasteiger partial charge in [-0.05, 0) is 37.6 Å². The molecule has 0 aliphatic rings. The third-order valence-corrected chi connectivity index (χ3v) is 4.05. The first-order chi connectivity index (χ1) is 11.7. The fourth-order valence-electron chi connectivity index (χ4n) is 2.95. The van der Waals surface area contributed by atoms with Gasteiger partial charge in [-0.1, -0.05) is 42.5 Å². The van der Waals surface area contributed by atoms with Crippen LogP contribution in [0, 0.1) is 13.8 Å². The summed E-state index contributed by atoms with van der Waals surface area (Å²) in [6, 6.07) is 20.4. The Morgan fingerprint density at radius 3 is 2.17 bits per heavy atom. The monoisotopic (exact) mass is 314 g/mol. The third kappa shape index (κ3) is 2.67. The number of nitrogens with zero attached hydrogens (tertiary/aromatic N) is 4. The smallest absolute Gasteiger partial charge is 0.176 e. The van der Waals surface area contributed by atoms with Crippen molar-refractivity contribution in [3.05, 3.63) is 83.3 Å². The summed E-state index contributed by atoms with van der Waals surface area (Å²) in [4.78, 5) is 9.73. The average molecular weight is 314 g/mol. The van der Waals surface area contributed by atoms with Gasteiger partial charge in [-0.2, -0.15) is 5.10 Å². The molecule has 0 N–H and O–H groups in total. The zero-order valence-electron chi connectivity index (χ0n) is 13.8. The SMILES string of the molecule is Cc1cc(C)n(-c2nc3ccccc3nc2Cc2ccccc2)n1. The van der Waals surface area contributed by atoms with E-state index in [-0.39, 0.29) is 0 Å². The summed E-state index contributed by atoms with van der Waals surface area (Å²) in [5.74, 6) is 0.808. The zero-order chi connectivity index (χ0) is 16.5. The Labute approximate surface area is 140 Å². The van der Waals surface area contributed by atoms with Gasteiger partial charge in [0.1, 0.15) is 0 Å². The third-order valence-electron chi connectivity index (χ3n) is 4.05. The highest BCUT2D eigenvalue weighted by Crippen LogP contribution is 2.20. The van der Waals surface area contributed by atoms with Crippen LogP contribution in [-0.4, -0.2) is 19.7 Å². The number of fused-ring (bicyclic) bond motifs is 1. The van der Waals surface area contributed by atoms with E-state index in [0.717, 1.165) is 40.4 Å². The normalized spacial score (nSPS) is 11.1. The van der Waals surface area contributed by atoms with Gasteiger partial charge in [-0.3, -0.25) is 0 Å². The van der Waals surface area contributed by atoms with Crippen molar-refractivity contribution in [3.63, 3.8) is 0 Å². The molecule has 0 radical (unpaired) electrons. The van der Waals surface area contributed by atoms with Crippen LogP contribution in [0.2, 0.25) is 0 Å². The van der Waals surface area contributed by atoms with Gasteiger partial charge in [-0.25, -0.2) is 14.6 Å². The predicted octanol–water partition coefficient (Wildman–Crippen LogP) is 4.02. The van der Waals surface area contributed by atoms with Crippen molar-refractivity contribution < 1.29 is 0 Å². The summed E-state index contributed by atoms with van der Waals surface area (Å²) in [7, 11) is 0. The van der Waals surface area contributed by atoms with Gasteiger partial charge in [0.25, 0.3) is 0 Å². The second-order valence-electron chi connectivity index (χ2n) is 5.98. The molecule has 0 aliphatic carbocycles. The molecule has 4 heteroatoms. The van der Waals surface area contributed by atoms with Crippen LogP contribution in [0.3, 0.4) is 0 Å². The number of aromatic nitrogens is 4. The molecule has 0 saturated carbocycles. The topological polar surface area (TPSA) is 43.6 Å². The molecule has 0 unspecified atom stereocenters. The maximum Gasteiger partial charge on any atom is 0.176 e. The molecule has 0 fully saturated rings. The number of benzene rings is 2. The Hall–Kier alpha value is -3.01. The van der Waals surface area contributed by atoms with E-state index >= 15 is 0 Å². The van der Waals surface area contributed by atoms with Gasteiger partial charge in [0.2, 0.25) is 0 Å². The van der Waals surface area contributed by atoms with Crippen molar-refractivity contribution in [2.75, 3.05) is 0 Å². The van der Waals surface area contributed by atoms with Gasteiger partial charge in [0, 0.05) is 12.1 Å². The Morgan fingerprint density at radius 1 is 0.833 bits per heavy atom. The van der Waals surface area contributed by atoms with E-state index in [9.17, 15) is 0 Å². The fourth-order valence-corrected chi connectivity index (χ4v) is 2.95. The van der Waals surface area contributed by atoms with Crippen molar-refractivity contribution in [1.29, 1.82) is 0 Å². The number of hydrogen-bond donors (Lipinski definition) is 0. The molecule has 0 bridgehead atoms. The highest BCUT2D eigenvalue weighted by atomic mass is 15.3. The molecule has 118 valence electrons. The molecular weight excluding hydrogens is 296 g/mol. The molecule has 2 aromatic carbocycles. The van der Waals surface area contributed by atoms with Crippen LogP contribution in [0.4, 0.5) is 0 Å². The lowest BCUT2D eigenvalue weighted by Crippen LogP contribution is -2.09. The van der Waals surface area contributed by atoms with Crippen LogP contribution >= 0.6 is 0 Å². The molecule has 0 amide bonds. The second-order valence-corrected chi connectivity index (χ2v) is 5.98. The number of aryl methyl sites for hydroxylation is 2. The van der Waals surface area contributed by atoms with Crippen molar-refractivity contribution in [3.8, 4) is 5.82 Å². The van der Waals surface area contributed by atoms with Crippen molar-refractivity contribution in [2.45, 2.75) is 20.3 Å². The zero-order valence-corrected chi connectivity index (χ0v) is 13.8. The molecule has 4 rings (SSSR count). The van der Waals surface area contributed by atoms with E-state index in [1.54, 1.807) is 0 Å². The van der Waals surface area contributed by atoms with Crippen LogP contribution in [0.25, 0.3) is 16.9 Å². The van der Waals surface area contributed by atoms with Crippen LogP contribution in [0.15, 0.2) is 60.7 Å². The fraction of sp³-hybridized carbons (Fsp3) is 0.150. The number of hydrogen-bond acceptors (Lipinski definition) is 3. The predicted molar refractivity (Wildman–Crippen MR) is 95.4 cm³/mol. The van der Waals surface area contributed by atoms with Gasteiger partial charge in [-0.15, -0.1) is 0 Å². The number of rotatable bonds is 3. The van der Waals surface area contributed by atoms with Crippen LogP contribution in [0.1, 0.15) is 22.6 Å². The maximum absolute atomic E-state index is 4.87.